The van der Waals surface area contributed by atoms with E-state index < -0.39 is 5.97 Å². The average Bonchev–Trinajstić information content (AvgIpc) is 2.98. The van der Waals surface area contributed by atoms with Gasteiger partial charge in [-0.15, -0.1) is 0 Å². The van der Waals surface area contributed by atoms with Crippen molar-refractivity contribution in [3.63, 3.8) is 0 Å². The molecular weight excluding hydrogens is 306 g/mol. The van der Waals surface area contributed by atoms with Crippen molar-refractivity contribution in [3.8, 4) is 5.69 Å². The van der Waals surface area contributed by atoms with Crippen LogP contribution >= 0.6 is 0 Å². The highest BCUT2D eigenvalue weighted by Crippen LogP contribution is 2.16. The van der Waals surface area contributed by atoms with Gasteiger partial charge in [0.15, 0.2) is 0 Å². The van der Waals surface area contributed by atoms with Crippen LogP contribution in [0.3, 0.4) is 0 Å². The standard InChI is InChI=1S/C18H15N3O3/c1-12-16(11-19-21(12)15-5-3-2-4-6-15)17(22)20-14-9-7-13(8-10-14)18(23)24/h2-11H,1H3,(H,20,22)(H,23,24). The second kappa shape index (κ2) is 6.37. The van der Waals surface area contributed by atoms with E-state index in [1.807, 2.05) is 37.3 Å². The van der Waals surface area contributed by atoms with Crippen molar-refractivity contribution in [1.29, 1.82) is 0 Å². The monoisotopic (exact) mass is 321 g/mol. The van der Waals surface area contributed by atoms with E-state index in [0.717, 1.165) is 11.4 Å². The Labute approximate surface area is 138 Å². The van der Waals surface area contributed by atoms with Crippen LogP contribution in [0.5, 0.6) is 0 Å². The molecular formula is C18H15N3O3. The van der Waals surface area contributed by atoms with Gasteiger partial charge in [0.05, 0.1) is 28.7 Å². The number of amides is 1. The molecule has 0 saturated heterocycles. The van der Waals surface area contributed by atoms with E-state index in [4.69, 9.17) is 5.11 Å². The van der Waals surface area contributed by atoms with E-state index in [9.17, 15) is 9.59 Å². The number of aromatic nitrogens is 2. The van der Waals surface area contributed by atoms with E-state index in [2.05, 4.69) is 10.4 Å². The normalized spacial score (nSPS) is 10.4. The number of hydrogen-bond donors (Lipinski definition) is 2. The maximum absolute atomic E-state index is 12.4. The SMILES string of the molecule is Cc1c(C(=O)Nc2ccc(C(=O)O)cc2)cnn1-c1ccccc1. The number of carboxylic acids is 1. The number of carbonyl (C=O) groups excluding carboxylic acids is 1. The highest BCUT2D eigenvalue weighted by atomic mass is 16.4. The van der Waals surface area contributed by atoms with Crippen molar-refractivity contribution in [3.05, 3.63) is 77.6 Å². The quantitative estimate of drug-likeness (QED) is 0.773. The summed E-state index contributed by atoms with van der Waals surface area (Å²) in [5, 5.41) is 15.9. The molecule has 0 atom stereocenters. The van der Waals surface area contributed by atoms with Gasteiger partial charge in [-0.05, 0) is 43.3 Å². The molecule has 6 heteroatoms. The zero-order valence-electron chi connectivity index (χ0n) is 12.9. The Morgan fingerprint density at radius 2 is 1.71 bits per heavy atom. The summed E-state index contributed by atoms with van der Waals surface area (Å²) in [7, 11) is 0. The summed E-state index contributed by atoms with van der Waals surface area (Å²) in [6, 6.07) is 15.5. The molecule has 0 aliphatic carbocycles. The number of nitrogens with one attached hydrogen (secondary N) is 1. The number of anilines is 1. The van der Waals surface area contributed by atoms with Gasteiger partial charge in [-0.3, -0.25) is 4.79 Å². The van der Waals surface area contributed by atoms with Crippen LogP contribution in [0.15, 0.2) is 60.8 Å². The number of carboxylic acid groups (broad SMARTS) is 1. The Bertz CT molecular complexity index is 884. The summed E-state index contributed by atoms with van der Waals surface area (Å²) in [4.78, 5) is 23.3. The molecule has 0 bridgehead atoms. The molecule has 1 aromatic heterocycles. The molecule has 0 saturated carbocycles. The highest BCUT2D eigenvalue weighted by Gasteiger charge is 2.15. The zero-order chi connectivity index (χ0) is 17.1. The van der Waals surface area contributed by atoms with Gasteiger partial charge in [-0.2, -0.15) is 5.10 Å². The number of nitrogens with zero attached hydrogens (tertiary/aromatic N) is 2. The van der Waals surface area contributed by atoms with Crippen molar-refractivity contribution in [1.82, 2.24) is 9.78 Å². The average molecular weight is 321 g/mol. The molecule has 3 aromatic rings. The lowest BCUT2D eigenvalue weighted by Gasteiger charge is -2.07. The number of rotatable bonds is 4. The molecule has 6 nitrogen and oxygen atoms in total. The summed E-state index contributed by atoms with van der Waals surface area (Å²) >= 11 is 0. The summed E-state index contributed by atoms with van der Waals surface area (Å²) in [5.74, 6) is -1.30. The molecule has 0 spiro atoms. The predicted octanol–water partition coefficient (Wildman–Crippen LogP) is 3.13. The second-order valence-corrected chi connectivity index (χ2v) is 5.23. The number of hydrogen-bond acceptors (Lipinski definition) is 3. The number of para-hydroxylation sites is 1. The van der Waals surface area contributed by atoms with Crippen LogP contribution in [0.25, 0.3) is 5.69 Å². The lowest BCUT2D eigenvalue weighted by Crippen LogP contribution is -2.13. The Hall–Kier alpha value is -3.41. The summed E-state index contributed by atoms with van der Waals surface area (Å²) in [6.45, 7) is 1.82. The molecule has 0 unspecified atom stereocenters. The minimum atomic E-state index is -1.01. The van der Waals surface area contributed by atoms with Crippen molar-refractivity contribution in [2.45, 2.75) is 6.92 Å². The summed E-state index contributed by atoms with van der Waals surface area (Å²) < 4.78 is 1.70. The van der Waals surface area contributed by atoms with E-state index in [0.29, 0.717) is 11.3 Å². The van der Waals surface area contributed by atoms with E-state index in [1.54, 1.807) is 16.8 Å². The van der Waals surface area contributed by atoms with Gasteiger partial charge in [0.1, 0.15) is 0 Å². The van der Waals surface area contributed by atoms with Crippen molar-refractivity contribution >= 4 is 17.6 Å². The second-order valence-electron chi connectivity index (χ2n) is 5.23. The third kappa shape index (κ3) is 3.03. The molecule has 0 aliphatic heterocycles. The zero-order valence-corrected chi connectivity index (χ0v) is 12.9. The molecule has 1 amide bonds. The molecule has 2 aromatic carbocycles. The molecule has 1 heterocycles. The van der Waals surface area contributed by atoms with Crippen LogP contribution in [-0.2, 0) is 0 Å². The molecule has 3 rings (SSSR count). The summed E-state index contributed by atoms with van der Waals surface area (Å²) in [5.41, 5.74) is 2.75. The first-order chi connectivity index (χ1) is 11.6. The molecule has 120 valence electrons. The first-order valence-electron chi connectivity index (χ1n) is 7.31. The molecule has 2 N–H and O–H groups in total. The number of carbonyl (C=O) groups is 2. The molecule has 0 fully saturated rings. The number of benzene rings is 2. The van der Waals surface area contributed by atoms with Gasteiger partial charge < -0.3 is 10.4 Å². The Balaban J connectivity index is 1.81. The smallest absolute Gasteiger partial charge is 0.335 e. The Morgan fingerprint density at radius 1 is 1.04 bits per heavy atom. The Kier molecular flexibility index (Phi) is 4.11. The van der Waals surface area contributed by atoms with Crippen molar-refractivity contribution in [2.75, 3.05) is 5.32 Å². The van der Waals surface area contributed by atoms with Gasteiger partial charge in [-0.1, -0.05) is 18.2 Å². The first kappa shape index (κ1) is 15.5. The van der Waals surface area contributed by atoms with Gasteiger partial charge >= 0.3 is 5.97 Å². The van der Waals surface area contributed by atoms with E-state index in [1.165, 1.54) is 18.3 Å². The third-order valence-corrected chi connectivity index (χ3v) is 3.64. The fraction of sp³-hybridized carbons (Fsp3) is 0.0556. The fourth-order valence-electron chi connectivity index (χ4n) is 2.36. The summed E-state index contributed by atoms with van der Waals surface area (Å²) in [6.07, 6.45) is 1.52. The van der Waals surface area contributed by atoms with Crippen LogP contribution in [0, 0.1) is 6.92 Å². The van der Waals surface area contributed by atoms with Crippen LogP contribution < -0.4 is 5.32 Å². The van der Waals surface area contributed by atoms with Crippen molar-refractivity contribution < 1.29 is 14.7 Å². The van der Waals surface area contributed by atoms with Crippen LogP contribution in [0.2, 0.25) is 0 Å². The van der Waals surface area contributed by atoms with Gasteiger partial charge in [0.2, 0.25) is 0 Å². The predicted molar refractivity (Wildman–Crippen MR) is 89.7 cm³/mol. The maximum Gasteiger partial charge on any atom is 0.335 e. The van der Waals surface area contributed by atoms with E-state index >= 15 is 0 Å². The van der Waals surface area contributed by atoms with Gasteiger partial charge in [0, 0.05) is 5.69 Å². The first-order valence-corrected chi connectivity index (χ1v) is 7.31. The highest BCUT2D eigenvalue weighted by molar-refractivity contribution is 6.05. The molecule has 0 radical (unpaired) electrons. The van der Waals surface area contributed by atoms with Crippen LogP contribution in [-0.4, -0.2) is 26.8 Å². The Morgan fingerprint density at radius 3 is 2.33 bits per heavy atom. The lowest BCUT2D eigenvalue weighted by molar-refractivity contribution is 0.0696. The van der Waals surface area contributed by atoms with Crippen LogP contribution in [0.1, 0.15) is 26.4 Å². The fourth-order valence-corrected chi connectivity index (χ4v) is 2.36. The van der Waals surface area contributed by atoms with Crippen molar-refractivity contribution in [2.24, 2.45) is 0 Å². The van der Waals surface area contributed by atoms with Gasteiger partial charge in [0.25, 0.3) is 5.91 Å². The van der Waals surface area contributed by atoms with E-state index in [-0.39, 0.29) is 11.5 Å². The largest absolute Gasteiger partial charge is 0.478 e. The topological polar surface area (TPSA) is 84.2 Å². The molecule has 0 aliphatic rings. The van der Waals surface area contributed by atoms with Gasteiger partial charge in [-0.25, -0.2) is 9.48 Å². The lowest BCUT2D eigenvalue weighted by atomic mass is 10.2. The van der Waals surface area contributed by atoms with Crippen LogP contribution in [0.4, 0.5) is 5.69 Å². The minimum Gasteiger partial charge on any atom is -0.478 e. The molecule has 24 heavy (non-hydrogen) atoms. The minimum absolute atomic E-state index is 0.168. The maximum atomic E-state index is 12.4. The third-order valence-electron chi connectivity index (χ3n) is 3.64. The number of aromatic carboxylic acids is 1.